The van der Waals surface area contributed by atoms with E-state index in [0.717, 1.165) is 18.7 Å². The van der Waals surface area contributed by atoms with Crippen molar-refractivity contribution in [2.75, 3.05) is 5.32 Å². The molecule has 0 atom stereocenters. The van der Waals surface area contributed by atoms with Crippen LogP contribution in [0.15, 0.2) is 48.8 Å². The number of carbonyl (C=O) groups is 1. The minimum absolute atomic E-state index is 0.0127. The molecule has 0 saturated heterocycles. The predicted molar refractivity (Wildman–Crippen MR) is 95.3 cm³/mol. The van der Waals surface area contributed by atoms with Crippen LogP contribution >= 0.6 is 12.2 Å². The van der Waals surface area contributed by atoms with Gasteiger partial charge in [0.25, 0.3) is 0 Å². The van der Waals surface area contributed by atoms with Crippen LogP contribution in [0.25, 0.3) is 0 Å². The van der Waals surface area contributed by atoms with E-state index < -0.39 is 0 Å². The average Bonchev–Trinajstić information content (AvgIpc) is 3.19. The van der Waals surface area contributed by atoms with Gasteiger partial charge in [-0.05, 0) is 55.0 Å². The zero-order valence-corrected chi connectivity index (χ0v) is 14.5. The van der Waals surface area contributed by atoms with Gasteiger partial charge in [0.1, 0.15) is 12.4 Å². The molecular formula is C17H18FN5OS. The molecule has 0 fully saturated rings. The number of rotatable bonds is 6. The van der Waals surface area contributed by atoms with E-state index >= 15 is 0 Å². The Balaban J connectivity index is 1.82. The second-order valence-corrected chi connectivity index (χ2v) is 5.90. The topological polar surface area (TPSA) is 56.8 Å². The molecule has 0 aliphatic rings. The summed E-state index contributed by atoms with van der Waals surface area (Å²) in [6.07, 6.45) is 5.41. The van der Waals surface area contributed by atoms with Crippen molar-refractivity contribution in [3.8, 4) is 0 Å². The van der Waals surface area contributed by atoms with Crippen molar-refractivity contribution in [1.82, 2.24) is 19.1 Å². The molecule has 1 amide bonds. The van der Waals surface area contributed by atoms with E-state index in [1.807, 2.05) is 33.9 Å². The standard InChI is InChI=1S/C17H18FN5OS/c1-2-5-15-20-22(17(25)23(15)21-10-3-4-11-21)12-16(24)19-14-8-6-13(18)7-9-14/h3-4,6-11H,2,5,12H2,1H3,(H,19,24). The number of nitrogens with one attached hydrogen (secondary N) is 1. The highest BCUT2D eigenvalue weighted by Gasteiger charge is 2.14. The van der Waals surface area contributed by atoms with Crippen LogP contribution in [-0.4, -0.2) is 25.0 Å². The molecular weight excluding hydrogens is 341 g/mol. The maximum absolute atomic E-state index is 12.9. The molecule has 0 bridgehead atoms. The van der Waals surface area contributed by atoms with Gasteiger partial charge in [-0.3, -0.25) is 9.47 Å². The van der Waals surface area contributed by atoms with E-state index in [0.29, 0.717) is 10.5 Å². The van der Waals surface area contributed by atoms with Gasteiger partial charge >= 0.3 is 0 Å². The minimum atomic E-state index is -0.352. The Bertz CT molecular complexity index is 912. The van der Waals surface area contributed by atoms with Crippen molar-refractivity contribution >= 4 is 23.8 Å². The molecule has 6 nitrogen and oxygen atoms in total. The van der Waals surface area contributed by atoms with E-state index in [1.54, 1.807) is 0 Å². The second-order valence-electron chi connectivity index (χ2n) is 5.54. The molecule has 1 aromatic carbocycles. The van der Waals surface area contributed by atoms with Crippen LogP contribution in [0.5, 0.6) is 0 Å². The smallest absolute Gasteiger partial charge is 0.246 e. The zero-order valence-electron chi connectivity index (χ0n) is 13.7. The summed E-state index contributed by atoms with van der Waals surface area (Å²) in [6.45, 7) is 2.05. The van der Waals surface area contributed by atoms with E-state index in [2.05, 4.69) is 17.3 Å². The van der Waals surface area contributed by atoms with Crippen molar-refractivity contribution < 1.29 is 9.18 Å². The fourth-order valence-electron chi connectivity index (χ4n) is 2.49. The van der Waals surface area contributed by atoms with Gasteiger partial charge in [-0.25, -0.2) is 13.7 Å². The van der Waals surface area contributed by atoms with Crippen molar-refractivity contribution in [2.45, 2.75) is 26.3 Å². The van der Waals surface area contributed by atoms with Crippen molar-refractivity contribution in [1.29, 1.82) is 0 Å². The molecule has 25 heavy (non-hydrogen) atoms. The van der Waals surface area contributed by atoms with Gasteiger partial charge in [-0.15, -0.1) is 0 Å². The van der Waals surface area contributed by atoms with Crippen LogP contribution in [0, 0.1) is 10.6 Å². The number of nitrogens with zero attached hydrogens (tertiary/aromatic N) is 4. The Morgan fingerprint density at radius 2 is 1.92 bits per heavy atom. The Hall–Kier alpha value is -2.74. The number of benzene rings is 1. The molecule has 1 N–H and O–H groups in total. The molecule has 3 aromatic rings. The minimum Gasteiger partial charge on any atom is -0.324 e. The molecule has 8 heteroatoms. The number of halogens is 1. The summed E-state index contributed by atoms with van der Waals surface area (Å²) in [5.41, 5.74) is 0.525. The fraction of sp³-hybridized carbons (Fsp3) is 0.235. The molecule has 0 spiro atoms. The lowest BCUT2D eigenvalue weighted by Crippen LogP contribution is -2.20. The number of aromatic nitrogens is 4. The number of anilines is 1. The van der Waals surface area contributed by atoms with Crippen LogP contribution in [0.1, 0.15) is 19.2 Å². The van der Waals surface area contributed by atoms with Crippen LogP contribution in [-0.2, 0) is 17.8 Å². The molecule has 0 radical (unpaired) electrons. The summed E-state index contributed by atoms with van der Waals surface area (Å²) in [7, 11) is 0. The second kappa shape index (κ2) is 7.43. The molecule has 3 rings (SSSR count). The summed E-state index contributed by atoms with van der Waals surface area (Å²) < 4.78 is 18.5. The third kappa shape index (κ3) is 3.85. The lowest BCUT2D eigenvalue weighted by molar-refractivity contribution is -0.116. The van der Waals surface area contributed by atoms with E-state index in [-0.39, 0.29) is 18.3 Å². The maximum atomic E-state index is 12.9. The largest absolute Gasteiger partial charge is 0.324 e. The van der Waals surface area contributed by atoms with Gasteiger partial charge in [0.2, 0.25) is 10.7 Å². The Morgan fingerprint density at radius 3 is 2.56 bits per heavy atom. The average molecular weight is 359 g/mol. The number of amides is 1. The first-order valence-corrected chi connectivity index (χ1v) is 8.37. The Labute approximate surface area is 149 Å². The summed E-state index contributed by atoms with van der Waals surface area (Å²) in [6, 6.07) is 9.40. The van der Waals surface area contributed by atoms with Gasteiger partial charge in [0.15, 0.2) is 5.82 Å². The summed E-state index contributed by atoms with van der Waals surface area (Å²) >= 11 is 5.49. The molecule has 2 heterocycles. The summed E-state index contributed by atoms with van der Waals surface area (Å²) in [5, 5.41) is 7.20. The highest BCUT2D eigenvalue weighted by molar-refractivity contribution is 7.71. The number of carbonyl (C=O) groups excluding carboxylic acids is 1. The fourth-order valence-corrected chi connectivity index (χ4v) is 2.79. The van der Waals surface area contributed by atoms with Crippen LogP contribution in [0.4, 0.5) is 10.1 Å². The number of aryl methyl sites for hydroxylation is 1. The van der Waals surface area contributed by atoms with Crippen molar-refractivity contribution in [2.24, 2.45) is 0 Å². The van der Waals surface area contributed by atoms with Crippen molar-refractivity contribution in [3.05, 3.63) is 65.2 Å². The van der Waals surface area contributed by atoms with E-state index in [4.69, 9.17) is 12.2 Å². The van der Waals surface area contributed by atoms with Gasteiger partial charge in [0, 0.05) is 24.5 Å². The quantitative estimate of drug-likeness (QED) is 0.688. The van der Waals surface area contributed by atoms with Gasteiger partial charge in [-0.2, -0.15) is 5.10 Å². The van der Waals surface area contributed by atoms with Gasteiger partial charge in [0.05, 0.1) is 0 Å². The summed E-state index contributed by atoms with van der Waals surface area (Å²) in [5.74, 6) is 0.163. The van der Waals surface area contributed by atoms with Crippen LogP contribution in [0.3, 0.4) is 0 Å². The van der Waals surface area contributed by atoms with E-state index in [9.17, 15) is 9.18 Å². The molecule has 0 aliphatic carbocycles. The van der Waals surface area contributed by atoms with Gasteiger partial charge < -0.3 is 5.32 Å². The lowest BCUT2D eigenvalue weighted by Gasteiger charge is -2.06. The predicted octanol–water partition coefficient (Wildman–Crippen LogP) is 3.26. The molecule has 0 saturated carbocycles. The monoisotopic (exact) mass is 359 g/mol. The Morgan fingerprint density at radius 1 is 1.24 bits per heavy atom. The van der Waals surface area contributed by atoms with Crippen molar-refractivity contribution in [3.63, 3.8) is 0 Å². The first-order valence-electron chi connectivity index (χ1n) is 7.96. The Kier molecular flexibility index (Phi) is 5.08. The number of hydrogen-bond acceptors (Lipinski definition) is 3. The zero-order chi connectivity index (χ0) is 17.8. The van der Waals surface area contributed by atoms with Gasteiger partial charge in [-0.1, -0.05) is 6.92 Å². The highest BCUT2D eigenvalue weighted by atomic mass is 32.1. The third-order valence-electron chi connectivity index (χ3n) is 3.60. The molecule has 0 aliphatic heterocycles. The lowest BCUT2D eigenvalue weighted by atomic mass is 10.3. The first-order chi connectivity index (χ1) is 12.1. The molecule has 0 unspecified atom stereocenters. The molecule has 2 aromatic heterocycles. The number of hydrogen-bond donors (Lipinski definition) is 1. The molecule has 130 valence electrons. The third-order valence-corrected chi connectivity index (χ3v) is 3.98. The normalized spacial score (nSPS) is 10.8. The van der Waals surface area contributed by atoms with Crippen LogP contribution < -0.4 is 5.32 Å². The summed E-state index contributed by atoms with van der Waals surface area (Å²) in [4.78, 5) is 12.3. The van der Waals surface area contributed by atoms with E-state index in [1.165, 1.54) is 28.9 Å². The first kappa shape index (κ1) is 17.1. The SMILES string of the molecule is CCCc1nn(CC(=O)Nc2ccc(F)cc2)c(=S)n1-n1cccc1. The van der Waals surface area contributed by atoms with Crippen LogP contribution in [0.2, 0.25) is 0 Å². The maximum Gasteiger partial charge on any atom is 0.246 e. The highest BCUT2D eigenvalue weighted by Crippen LogP contribution is 2.10.